The van der Waals surface area contributed by atoms with E-state index >= 15 is 0 Å². The summed E-state index contributed by atoms with van der Waals surface area (Å²) >= 11 is 6.33. The minimum absolute atomic E-state index is 0.121. The second kappa shape index (κ2) is 6.69. The second-order valence-corrected chi connectivity index (χ2v) is 5.05. The van der Waals surface area contributed by atoms with Gasteiger partial charge in [0.05, 0.1) is 6.04 Å². The standard InChI is InChI=1S/C16H19ClN2/c1-3-9-19-16(13-8-10-18-12(2)11-13)14-6-4-5-7-15(14)17/h4-8,10-11,16,19H,3,9H2,1-2H3. The average Bonchev–Trinajstić information content (AvgIpc) is 2.41. The van der Waals surface area contributed by atoms with Crippen LogP contribution in [0.15, 0.2) is 42.6 Å². The fraction of sp³-hybridized carbons (Fsp3) is 0.312. The number of benzene rings is 1. The molecule has 2 aromatic rings. The third kappa shape index (κ3) is 3.55. The Morgan fingerprint density at radius 2 is 2.05 bits per heavy atom. The maximum atomic E-state index is 6.33. The Kier molecular flexibility index (Phi) is 4.94. The van der Waals surface area contributed by atoms with Crippen molar-refractivity contribution in [3.63, 3.8) is 0 Å². The molecule has 0 aliphatic rings. The van der Waals surface area contributed by atoms with Gasteiger partial charge in [-0.25, -0.2) is 0 Å². The Bertz CT molecular complexity index is 540. The number of rotatable bonds is 5. The topological polar surface area (TPSA) is 24.9 Å². The van der Waals surface area contributed by atoms with Gasteiger partial charge >= 0.3 is 0 Å². The molecule has 2 nitrogen and oxygen atoms in total. The molecular formula is C16H19ClN2. The van der Waals surface area contributed by atoms with Gasteiger partial charge < -0.3 is 5.32 Å². The largest absolute Gasteiger partial charge is 0.306 e. The zero-order chi connectivity index (χ0) is 13.7. The molecule has 1 aromatic carbocycles. The molecule has 0 saturated heterocycles. The molecule has 0 aliphatic heterocycles. The minimum Gasteiger partial charge on any atom is -0.306 e. The Balaban J connectivity index is 2.38. The van der Waals surface area contributed by atoms with Crippen molar-refractivity contribution < 1.29 is 0 Å². The minimum atomic E-state index is 0.121. The first-order chi connectivity index (χ1) is 9.22. The summed E-state index contributed by atoms with van der Waals surface area (Å²) in [6, 6.07) is 12.3. The summed E-state index contributed by atoms with van der Waals surface area (Å²) in [5, 5.41) is 4.35. The molecule has 100 valence electrons. The van der Waals surface area contributed by atoms with Crippen LogP contribution in [0.3, 0.4) is 0 Å². The van der Waals surface area contributed by atoms with E-state index in [-0.39, 0.29) is 6.04 Å². The van der Waals surface area contributed by atoms with E-state index in [0.29, 0.717) is 0 Å². The first-order valence-corrected chi connectivity index (χ1v) is 7.00. The van der Waals surface area contributed by atoms with Crippen LogP contribution in [0.25, 0.3) is 0 Å². The van der Waals surface area contributed by atoms with E-state index in [4.69, 9.17) is 11.6 Å². The Morgan fingerprint density at radius 1 is 1.26 bits per heavy atom. The third-order valence-corrected chi connectivity index (χ3v) is 3.41. The molecule has 0 bridgehead atoms. The zero-order valence-corrected chi connectivity index (χ0v) is 12.1. The molecule has 0 amide bonds. The van der Waals surface area contributed by atoms with Crippen molar-refractivity contribution >= 4 is 11.6 Å². The van der Waals surface area contributed by atoms with Crippen molar-refractivity contribution in [3.05, 3.63) is 64.4 Å². The van der Waals surface area contributed by atoms with Gasteiger partial charge in [0.2, 0.25) is 0 Å². The van der Waals surface area contributed by atoms with Crippen molar-refractivity contribution in [2.75, 3.05) is 6.54 Å². The van der Waals surface area contributed by atoms with Crippen LogP contribution in [0.2, 0.25) is 5.02 Å². The van der Waals surface area contributed by atoms with Crippen LogP contribution in [-0.4, -0.2) is 11.5 Å². The first kappa shape index (κ1) is 14.0. The highest BCUT2D eigenvalue weighted by Gasteiger charge is 2.16. The Hall–Kier alpha value is -1.38. The lowest BCUT2D eigenvalue weighted by Gasteiger charge is -2.21. The highest BCUT2D eigenvalue weighted by molar-refractivity contribution is 6.31. The predicted molar refractivity (Wildman–Crippen MR) is 80.6 cm³/mol. The van der Waals surface area contributed by atoms with Gasteiger partial charge in [-0.05, 0) is 49.2 Å². The fourth-order valence-electron chi connectivity index (χ4n) is 2.15. The summed E-state index contributed by atoms with van der Waals surface area (Å²) in [7, 11) is 0. The third-order valence-electron chi connectivity index (χ3n) is 3.07. The molecule has 2 rings (SSSR count). The molecule has 1 heterocycles. The molecule has 0 saturated carbocycles. The van der Waals surface area contributed by atoms with Gasteiger partial charge in [-0.1, -0.05) is 36.7 Å². The van der Waals surface area contributed by atoms with E-state index in [1.807, 2.05) is 37.4 Å². The van der Waals surface area contributed by atoms with Gasteiger partial charge in [0, 0.05) is 16.9 Å². The van der Waals surface area contributed by atoms with Crippen molar-refractivity contribution in [2.24, 2.45) is 0 Å². The van der Waals surface area contributed by atoms with Crippen LogP contribution in [-0.2, 0) is 0 Å². The number of aromatic nitrogens is 1. The summed E-state index contributed by atoms with van der Waals surface area (Å²) in [4.78, 5) is 4.26. The molecule has 1 atom stereocenters. The molecule has 19 heavy (non-hydrogen) atoms. The molecule has 0 radical (unpaired) electrons. The Labute approximate surface area is 119 Å². The van der Waals surface area contributed by atoms with Crippen LogP contribution in [0.4, 0.5) is 0 Å². The van der Waals surface area contributed by atoms with Crippen molar-refractivity contribution in [1.29, 1.82) is 0 Å². The number of hydrogen-bond donors (Lipinski definition) is 1. The molecule has 1 unspecified atom stereocenters. The molecule has 1 N–H and O–H groups in total. The van der Waals surface area contributed by atoms with Crippen molar-refractivity contribution in [3.8, 4) is 0 Å². The van der Waals surface area contributed by atoms with E-state index in [0.717, 1.165) is 29.2 Å². The molecule has 3 heteroatoms. The van der Waals surface area contributed by atoms with E-state index in [2.05, 4.69) is 29.4 Å². The highest BCUT2D eigenvalue weighted by Crippen LogP contribution is 2.28. The number of nitrogens with zero attached hydrogens (tertiary/aromatic N) is 1. The van der Waals surface area contributed by atoms with Crippen LogP contribution in [0, 0.1) is 6.92 Å². The van der Waals surface area contributed by atoms with Crippen LogP contribution < -0.4 is 5.32 Å². The summed E-state index contributed by atoms with van der Waals surface area (Å²) in [5.74, 6) is 0. The van der Waals surface area contributed by atoms with Crippen LogP contribution >= 0.6 is 11.6 Å². The van der Waals surface area contributed by atoms with Gasteiger partial charge in [-0.2, -0.15) is 0 Å². The fourth-order valence-corrected chi connectivity index (χ4v) is 2.40. The van der Waals surface area contributed by atoms with Gasteiger partial charge in [0.25, 0.3) is 0 Å². The summed E-state index contributed by atoms with van der Waals surface area (Å²) in [5.41, 5.74) is 3.34. The Morgan fingerprint density at radius 3 is 2.74 bits per heavy atom. The maximum Gasteiger partial charge on any atom is 0.0592 e. The number of hydrogen-bond acceptors (Lipinski definition) is 2. The van der Waals surface area contributed by atoms with Gasteiger partial charge in [0.15, 0.2) is 0 Å². The molecular weight excluding hydrogens is 256 g/mol. The molecule has 1 aromatic heterocycles. The molecule has 0 fully saturated rings. The van der Waals surface area contributed by atoms with Crippen molar-refractivity contribution in [2.45, 2.75) is 26.3 Å². The van der Waals surface area contributed by atoms with Gasteiger partial charge in [-0.3, -0.25) is 4.98 Å². The highest BCUT2D eigenvalue weighted by atomic mass is 35.5. The first-order valence-electron chi connectivity index (χ1n) is 6.62. The van der Waals surface area contributed by atoms with E-state index in [1.165, 1.54) is 5.56 Å². The second-order valence-electron chi connectivity index (χ2n) is 4.64. The maximum absolute atomic E-state index is 6.33. The smallest absolute Gasteiger partial charge is 0.0592 e. The van der Waals surface area contributed by atoms with E-state index < -0.39 is 0 Å². The number of pyridine rings is 1. The van der Waals surface area contributed by atoms with E-state index in [1.54, 1.807) is 0 Å². The summed E-state index contributed by atoms with van der Waals surface area (Å²) in [6.07, 6.45) is 2.94. The van der Waals surface area contributed by atoms with E-state index in [9.17, 15) is 0 Å². The number of halogens is 1. The lowest BCUT2D eigenvalue weighted by atomic mass is 9.98. The lowest BCUT2D eigenvalue weighted by molar-refractivity contribution is 0.598. The van der Waals surface area contributed by atoms with Crippen LogP contribution in [0.5, 0.6) is 0 Å². The number of aryl methyl sites for hydroxylation is 1. The number of nitrogens with one attached hydrogen (secondary N) is 1. The molecule has 0 spiro atoms. The predicted octanol–water partition coefficient (Wildman–Crippen LogP) is 4.13. The van der Waals surface area contributed by atoms with Crippen LogP contribution in [0.1, 0.15) is 36.2 Å². The SMILES string of the molecule is CCCNC(c1ccnc(C)c1)c1ccccc1Cl. The van der Waals surface area contributed by atoms with Gasteiger partial charge in [0.1, 0.15) is 0 Å². The quantitative estimate of drug-likeness (QED) is 0.887. The zero-order valence-electron chi connectivity index (χ0n) is 11.4. The monoisotopic (exact) mass is 274 g/mol. The van der Waals surface area contributed by atoms with Crippen molar-refractivity contribution in [1.82, 2.24) is 10.3 Å². The average molecular weight is 275 g/mol. The summed E-state index contributed by atoms with van der Waals surface area (Å²) < 4.78 is 0. The normalized spacial score (nSPS) is 12.4. The molecule has 0 aliphatic carbocycles. The van der Waals surface area contributed by atoms with Gasteiger partial charge in [-0.15, -0.1) is 0 Å². The summed E-state index contributed by atoms with van der Waals surface area (Å²) in [6.45, 7) is 5.12. The lowest BCUT2D eigenvalue weighted by Crippen LogP contribution is -2.23.